The quantitative estimate of drug-likeness (QED) is 0.722. The monoisotopic (exact) mass is 193 g/mol. The maximum Gasteiger partial charge on any atom is 0.224 e. The normalized spacial score (nSPS) is 8.43. The fourth-order valence-corrected chi connectivity index (χ4v) is 0.780. The van der Waals surface area contributed by atoms with Gasteiger partial charge in [0.1, 0.15) is 5.78 Å². The lowest BCUT2D eigenvalue weighted by molar-refractivity contribution is -0.125. The van der Waals surface area contributed by atoms with Crippen molar-refractivity contribution in [1.82, 2.24) is 0 Å². The third-order valence-electron chi connectivity index (χ3n) is 1.36. The van der Waals surface area contributed by atoms with E-state index in [-0.39, 0.29) is 12.2 Å². The van der Waals surface area contributed by atoms with Crippen molar-refractivity contribution in [3.8, 4) is 0 Å². The van der Waals surface area contributed by atoms with Crippen molar-refractivity contribution < 1.29 is 9.59 Å². The molecule has 3 nitrogen and oxygen atoms in total. The van der Waals surface area contributed by atoms with E-state index < -0.39 is 5.91 Å². The van der Waals surface area contributed by atoms with Crippen LogP contribution in [0, 0.1) is 6.92 Å². The number of hydrogen-bond donors (Lipinski definition) is 1. The maximum absolute atomic E-state index is 9.95. The topological polar surface area (TPSA) is 60.2 Å². The van der Waals surface area contributed by atoms with Crippen LogP contribution in [0.4, 0.5) is 0 Å². The first kappa shape index (κ1) is 12.4. The van der Waals surface area contributed by atoms with E-state index >= 15 is 0 Å². The average molecular weight is 193 g/mol. The summed E-state index contributed by atoms with van der Waals surface area (Å²) in [6.07, 6.45) is -0.139. The predicted octanol–water partition coefficient (Wildman–Crippen LogP) is 1.45. The molecule has 0 saturated carbocycles. The van der Waals surface area contributed by atoms with Crippen LogP contribution < -0.4 is 5.73 Å². The fraction of sp³-hybridized carbons (Fsp3) is 0.273. The second kappa shape index (κ2) is 6.83. The van der Waals surface area contributed by atoms with Gasteiger partial charge in [-0.15, -0.1) is 0 Å². The second-order valence-electron chi connectivity index (χ2n) is 3.00. The Balaban J connectivity index is 0.000000241. The van der Waals surface area contributed by atoms with Crippen LogP contribution in [0.3, 0.4) is 0 Å². The Labute approximate surface area is 83.9 Å². The van der Waals surface area contributed by atoms with Gasteiger partial charge >= 0.3 is 0 Å². The predicted molar refractivity (Wildman–Crippen MR) is 55.7 cm³/mol. The molecular formula is C11H15NO2. The minimum Gasteiger partial charge on any atom is -0.369 e. The first-order chi connectivity index (χ1) is 6.52. The summed E-state index contributed by atoms with van der Waals surface area (Å²) in [7, 11) is 0. The maximum atomic E-state index is 9.95. The number of rotatable bonds is 2. The third-order valence-corrected chi connectivity index (χ3v) is 1.36. The van der Waals surface area contributed by atoms with Gasteiger partial charge in [-0.1, -0.05) is 35.9 Å². The zero-order valence-corrected chi connectivity index (χ0v) is 8.49. The van der Waals surface area contributed by atoms with E-state index in [9.17, 15) is 9.59 Å². The largest absolute Gasteiger partial charge is 0.369 e. The van der Waals surface area contributed by atoms with Gasteiger partial charge in [0, 0.05) is 0 Å². The minimum absolute atomic E-state index is 0.139. The Bertz CT molecular complexity index is 281. The van der Waals surface area contributed by atoms with Crippen LogP contribution in [-0.2, 0) is 9.59 Å². The van der Waals surface area contributed by atoms with Crippen molar-refractivity contribution in [2.45, 2.75) is 20.3 Å². The van der Waals surface area contributed by atoms with Gasteiger partial charge in [0.25, 0.3) is 0 Å². The summed E-state index contributed by atoms with van der Waals surface area (Å²) >= 11 is 0. The number of hydrogen-bond acceptors (Lipinski definition) is 2. The molecule has 76 valence electrons. The summed E-state index contributed by atoms with van der Waals surface area (Å²) in [5.74, 6) is -0.750. The van der Waals surface area contributed by atoms with Gasteiger partial charge in [-0.25, -0.2) is 0 Å². The zero-order valence-electron chi connectivity index (χ0n) is 8.49. The Morgan fingerprint density at radius 1 is 1.21 bits per heavy atom. The number of carbonyl (C=O) groups is 2. The Kier molecular flexibility index (Phi) is 6.03. The summed E-state index contributed by atoms with van der Waals surface area (Å²) < 4.78 is 0. The summed E-state index contributed by atoms with van der Waals surface area (Å²) in [6, 6.07) is 10.3. The number of nitrogens with two attached hydrogens (primary N) is 1. The van der Waals surface area contributed by atoms with Crippen LogP contribution in [0.2, 0.25) is 0 Å². The standard InChI is InChI=1S/C7H8.C4H7NO2/c1-7-5-3-2-4-6-7;1-3(6)2-4(5)7/h2-6H,1H3;2H2,1H3,(H2,5,7). The molecule has 1 rings (SSSR count). The first-order valence-corrected chi connectivity index (χ1v) is 4.31. The van der Waals surface area contributed by atoms with E-state index in [0.717, 1.165) is 0 Å². The Hall–Kier alpha value is -1.64. The van der Waals surface area contributed by atoms with Gasteiger partial charge < -0.3 is 5.73 Å². The average Bonchev–Trinajstić information content (AvgIpc) is 2.03. The summed E-state index contributed by atoms with van der Waals surface area (Å²) in [5.41, 5.74) is 5.96. The van der Waals surface area contributed by atoms with Crippen molar-refractivity contribution in [2.24, 2.45) is 5.73 Å². The molecule has 0 aliphatic heterocycles. The highest BCUT2D eigenvalue weighted by atomic mass is 16.2. The van der Waals surface area contributed by atoms with Gasteiger partial charge in [-0.2, -0.15) is 0 Å². The second-order valence-corrected chi connectivity index (χ2v) is 3.00. The van der Waals surface area contributed by atoms with E-state index in [0.29, 0.717) is 0 Å². The molecule has 0 fully saturated rings. The van der Waals surface area contributed by atoms with Gasteiger partial charge in [0.05, 0.1) is 6.42 Å². The molecule has 0 heterocycles. The molecule has 2 N–H and O–H groups in total. The number of aryl methyl sites for hydroxylation is 1. The van der Waals surface area contributed by atoms with Gasteiger partial charge in [-0.05, 0) is 13.8 Å². The lowest BCUT2D eigenvalue weighted by atomic mass is 10.2. The SMILES string of the molecule is CC(=O)CC(N)=O.Cc1ccccc1. The van der Waals surface area contributed by atoms with Crippen LogP contribution in [0.15, 0.2) is 30.3 Å². The van der Waals surface area contributed by atoms with Gasteiger partial charge in [0.15, 0.2) is 0 Å². The number of ketones is 1. The lowest BCUT2D eigenvalue weighted by Gasteiger charge is -1.82. The molecule has 0 spiro atoms. The minimum atomic E-state index is -0.562. The molecule has 0 aliphatic carbocycles. The van der Waals surface area contributed by atoms with E-state index in [1.54, 1.807) is 0 Å². The number of Topliss-reactive ketones (excluding diaryl/α,β-unsaturated/α-hetero) is 1. The van der Waals surface area contributed by atoms with Crippen molar-refractivity contribution >= 4 is 11.7 Å². The van der Waals surface area contributed by atoms with E-state index in [4.69, 9.17) is 0 Å². The Morgan fingerprint density at radius 2 is 1.71 bits per heavy atom. The molecule has 1 aromatic rings. The smallest absolute Gasteiger partial charge is 0.224 e. The molecule has 0 radical (unpaired) electrons. The highest BCUT2D eigenvalue weighted by molar-refractivity contribution is 5.95. The van der Waals surface area contributed by atoms with Crippen molar-refractivity contribution in [3.05, 3.63) is 35.9 Å². The van der Waals surface area contributed by atoms with Crippen LogP contribution in [0.5, 0.6) is 0 Å². The van der Waals surface area contributed by atoms with Gasteiger partial charge in [0.2, 0.25) is 5.91 Å². The summed E-state index contributed by atoms with van der Waals surface area (Å²) in [4.78, 5) is 19.8. The van der Waals surface area contributed by atoms with Crippen molar-refractivity contribution in [2.75, 3.05) is 0 Å². The van der Waals surface area contributed by atoms with Crippen LogP contribution in [-0.4, -0.2) is 11.7 Å². The molecule has 1 amide bonds. The lowest BCUT2D eigenvalue weighted by Crippen LogP contribution is -2.13. The third kappa shape index (κ3) is 8.46. The first-order valence-electron chi connectivity index (χ1n) is 4.31. The van der Waals surface area contributed by atoms with E-state index in [1.165, 1.54) is 12.5 Å². The molecule has 0 aromatic heterocycles. The fourth-order valence-electron chi connectivity index (χ4n) is 0.780. The number of carbonyl (C=O) groups excluding carboxylic acids is 2. The number of primary amides is 1. The summed E-state index contributed by atoms with van der Waals surface area (Å²) in [5, 5.41) is 0. The van der Waals surface area contributed by atoms with Gasteiger partial charge in [-0.3, -0.25) is 9.59 Å². The van der Waals surface area contributed by atoms with Crippen molar-refractivity contribution in [3.63, 3.8) is 0 Å². The van der Waals surface area contributed by atoms with E-state index in [2.05, 4.69) is 24.8 Å². The molecule has 0 unspecified atom stereocenters. The summed E-state index contributed by atoms with van der Waals surface area (Å²) in [6.45, 7) is 3.41. The highest BCUT2D eigenvalue weighted by Crippen LogP contribution is 1.92. The molecular weight excluding hydrogens is 178 g/mol. The molecule has 0 atom stereocenters. The highest BCUT2D eigenvalue weighted by Gasteiger charge is 1.95. The van der Waals surface area contributed by atoms with Crippen molar-refractivity contribution in [1.29, 1.82) is 0 Å². The molecule has 0 bridgehead atoms. The zero-order chi connectivity index (χ0) is 11.0. The van der Waals surface area contributed by atoms with E-state index in [1.807, 2.05) is 18.2 Å². The molecule has 0 saturated heterocycles. The Morgan fingerprint density at radius 3 is 1.86 bits per heavy atom. The molecule has 14 heavy (non-hydrogen) atoms. The number of benzene rings is 1. The number of amides is 1. The van der Waals surface area contributed by atoms with Crippen LogP contribution >= 0.6 is 0 Å². The molecule has 3 heteroatoms. The van der Waals surface area contributed by atoms with Crippen LogP contribution in [0.1, 0.15) is 18.9 Å². The molecule has 0 aliphatic rings. The molecule has 1 aromatic carbocycles. The van der Waals surface area contributed by atoms with Crippen LogP contribution in [0.25, 0.3) is 0 Å².